The van der Waals surface area contributed by atoms with Crippen LogP contribution in [0.15, 0.2) is 24.5 Å². The number of likely N-dealkylation sites (tertiary alicyclic amines) is 2. The number of nitrogens with one attached hydrogen (secondary N) is 1. The van der Waals surface area contributed by atoms with Crippen molar-refractivity contribution in [2.45, 2.75) is 69.5 Å². The summed E-state index contributed by atoms with van der Waals surface area (Å²) in [6.45, 7) is 5.99. The minimum Gasteiger partial charge on any atom is -0.382 e. The quantitative estimate of drug-likeness (QED) is 0.744. The van der Waals surface area contributed by atoms with E-state index in [0.717, 1.165) is 58.4 Å². The summed E-state index contributed by atoms with van der Waals surface area (Å²) in [6.07, 6.45) is 12.8. The number of aromatic nitrogens is 1. The second kappa shape index (κ2) is 10.2. The second-order valence-corrected chi connectivity index (χ2v) is 9.61. The standard InChI is InChI=1S/C24H38N4O2/c1-30-19-24(10-2-3-11-24)26-23(29)21-5-4-14-28(18-21)22-8-15-27(16-9-22)17-20-6-12-25-13-7-20/h6-7,12-13,21-22H,2-5,8-11,14-19H2,1H3,(H,26,29). The average molecular weight is 415 g/mol. The first-order valence-electron chi connectivity index (χ1n) is 11.8. The molecule has 30 heavy (non-hydrogen) atoms. The summed E-state index contributed by atoms with van der Waals surface area (Å²) in [4.78, 5) is 22.4. The molecule has 3 aliphatic rings. The normalized spacial score (nSPS) is 26.0. The van der Waals surface area contributed by atoms with E-state index in [4.69, 9.17) is 4.74 Å². The van der Waals surface area contributed by atoms with Crippen LogP contribution < -0.4 is 5.32 Å². The molecule has 1 unspecified atom stereocenters. The van der Waals surface area contributed by atoms with E-state index < -0.39 is 0 Å². The molecule has 6 heteroatoms. The van der Waals surface area contributed by atoms with Gasteiger partial charge in [-0.2, -0.15) is 0 Å². The van der Waals surface area contributed by atoms with Crippen LogP contribution in [-0.4, -0.2) is 72.2 Å². The van der Waals surface area contributed by atoms with Gasteiger partial charge in [-0.15, -0.1) is 0 Å². The van der Waals surface area contributed by atoms with Crippen LogP contribution in [-0.2, 0) is 16.1 Å². The van der Waals surface area contributed by atoms with Gasteiger partial charge in [-0.25, -0.2) is 0 Å². The summed E-state index contributed by atoms with van der Waals surface area (Å²) < 4.78 is 5.45. The van der Waals surface area contributed by atoms with Crippen molar-refractivity contribution >= 4 is 5.91 Å². The second-order valence-electron chi connectivity index (χ2n) is 9.61. The van der Waals surface area contributed by atoms with Gasteiger partial charge in [0.25, 0.3) is 0 Å². The molecule has 1 aromatic heterocycles. The maximum absolute atomic E-state index is 13.1. The predicted molar refractivity (Wildman–Crippen MR) is 118 cm³/mol. The number of piperidine rings is 2. The zero-order valence-corrected chi connectivity index (χ0v) is 18.5. The van der Waals surface area contributed by atoms with E-state index in [0.29, 0.717) is 12.6 Å². The molecule has 1 amide bonds. The van der Waals surface area contributed by atoms with Crippen molar-refractivity contribution in [2.24, 2.45) is 5.92 Å². The van der Waals surface area contributed by atoms with E-state index in [1.807, 2.05) is 12.4 Å². The van der Waals surface area contributed by atoms with Gasteiger partial charge in [-0.1, -0.05) is 12.8 Å². The molecule has 2 aliphatic heterocycles. The minimum absolute atomic E-state index is 0.119. The third kappa shape index (κ3) is 5.40. The topological polar surface area (TPSA) is 57.7 Å². The van der Waals surface area contributed by atoms with Crippen LogP contribution in [0.4, 0.5) is 0 Å². The number of pyridine rings is 1. The lowest BCUT2D eigenvalue weighted by Crippen LogP contribution is -2.55. The Morgan fingerprint density at radius 3 is 2.57 bits per heavy atom. The summed E-state index contributed by atoms with van der Waals surface area (Å²) in [5.74, 6) is 0.386. The number of ether oxygens (including phenoxy) is 1. The molecule has 1 aliphatic carbocycles. The van der Waals surface area contributed by atoms with E-state index >= 15 is 0 Å². The first-order chi connectivity index (χ1) is 14.7. The Morgan fingerprint density at radius 2 is 1.87 bits per heavy atom. The molecular formula is C24H38N4O2. The number of nitrogens with zero attached hydrogens (tertiary/aromatic N) is 3. The van der Waals surface area contributed by atoms with E-state index in [1.165, 1.54) is 31.2 Å². The molecule has 166 valence electrons. The summed E-state index contributed by atoms with van der Waals surface area (Å²) in [7, 11) is 1.75. The summed E-state index contributed by atoms with van der Waals surface area (Å²) in [5.41, 5.74) is 1.22. The van der Waals surface area contributed by atoms with E-state index in [9.17, 15) is 4.79 Å². The highest BCUT2D eigenvalue weighted by molar-refractivity contribution is 5.79. The Morgan fingerprint density at radius 1 is 1.13 bits per heavy atom. The Labute approximate surface area is 181 Å². The highest BCUT2D eigenvalue weighted by atomic mass is 16.5. The van der Waals surface area contributed by atoms with E-state index in [1.54, 1.807) is 7.11 Å². The van der Waals surface area contributed by atoms with Crippen molar-refractivity contribution in [1.29, 1.82) is 0 Å². The van der Waals surface area contributed by atoms with Gasteiger partial charge in [-0.3, -0.25) is 19.6 Å². The van der Waals surface area contributed by atoms with Crippen LogP contribution in [0.25, 0.3) is 0 Å². The largest absolute Gasteiger partial charge is 0.382 e. The fourth-order valence-corrected chi connectivity index (χ4v) is 5.74. The van der Waals surface area contributed by atoms with Gasteiger partial charge < -0.3 is 10.1 Å². The van der Waals surface area contributed by atoms with Gasteiger partial charge in [-0.05, 0) is 75.9 Å². The molecule has 3 heterocycles. The average Bonchev–Trinajstić information content (AvgIpc) is 3.23. The maximum atomic E-state index is 13.1. The summed E-state index contributed by atoms with van der Waals surface area (Å²) >= 11 is 0. The van der Waals surface area contributed by atoms with Crippen LogP contribution >= 0.6 is 0 Å². The molecule has 4 rings (SSSR count). The number of amides is 1. The van der Waals surface area contributed by atoms with Gasteiger partial charge in [0.05, 0.1) is 18.1 Å². The highest BCUT2D eigenvalue weighted by Crippen LogP contribution is 2.31. The molecular weight excluding hydrogens is 376 g/mol. The van der Waals surface area contributed by atoms with Crippen LogP contribution in [0, 0.1) is 5.92 Å². The summed E-state index contributed by atoms with van der Waals surface area (Å²) in [6, 6.07) is 4.84. The predicted octanol–water partition coefficient (Wildman–Crippen LogP) is 2.83. The van der Waals surface area contributed by atoms with Crippen molar-refractivity contribution in [2.75, 3.05) is 39.9 Å². The first-order valence-corrected chi connectivity index (χ1v) is 11.8. The van der Waals surface area contributed by atoms with Crippen molar-refractivity contribution < 1.29 is 9.53 Å². The number of hydrogen-bond donors (Lipinski definition) is 1. The first kappa shape index (κ1) is 21.7. The van der Waals surface area contributed by atoms with Gasteiger partial charge in [0.1, 0.15) is 0 Å². The number of carbonyl (C=O) groups is 1. The van der Waals surface area contributed by atoms with Crippen LogP contribution in [0.3, 0.4) is 0 Å². The van der Waals surface area contributed by atoms with Crippen molar-refractivity contribution in [3.05, 3.63) is 30.1 Å². The van der Waals surface area contributed by atoms with Gasteiger partial charge >= 0.3 is 0 Å². The third-order valence-electron chi connectivity index (χ3n) is 7.42. The van der Waals surface area contributed by atoms with Crippen LogP contribution in [0.1, 0.15) is 56.9 Å². The lowest BCUT2D eigenvalue weighted by Gasteiger charge is -2.42. The molecule has 0 radical (unpaired) electrons. The smallest absolute Gasteiger partial charge is 0.224 e. The lowest BCUT2D eigenvalue weighted by molar-refractivity contribution is -0.130. The molecule has 1 aromatic rings. The van der Waals surface area contributed by atoms with E-state index in [-0.39, 0.29) is 17.4 Å². The minimum atomic E-state index is -0.119. The molecule has 0 bridgehead atoms. The molecule has 2 saturated heterocycles. The molecule has 3 fully saturated rings. The Hall–Kier alpha value is -1.50. The Bertz CT molecular complexity index is 669. The van der Waals surface area contributed by atoms with Crippen molar-refractivity contribution in [3.63, 3.8) is 0 Å². The van der Waals surface area contributed by atoms with E-state index in [2.05, 4.69) is 32.2 Å². The molecule has 0 aromatic carbocycles. The van der Waals surface area contributed by atoms with Gasteiger partial charge in [0, 0.05) is 38.6 Å². The monoisotopic (exact) mass is 414 g/mol. The third-order valence-corrected chi connectivity index (χ3v) is 7.42. The maximum Gasteiger partial charge on any atom is 0.224 e. The molecule has 0 spiro atoms. The lowest BCUT2D eigenvalue weighted by atomic mass is 9.91. The highest BCUT2D eigenvalue weighted by Gasteiger charge is 2.38. The van der Waals surface area contributed by atoms with Crippen LogP contribution in [0.5, 0.6) is 0 Å². The van der Waals surface area contributed by atoms with Gasteiger partial charge in [0.2, 0.25) is 5.91 Å². The van der Waals surface area contributed by atoms with Crippen molar-refractivity contribution in [3.8, 4) is 0 Å². The molecule has 1 saturated carbocycles. The fourth-order valence-electron chi connectivity index (χ4n) is 5.74. The zero-order valence-electron chi connectivity index (χ0n) is 18.5. The van der Waals surface area contributed by atoms with Crippen molar-refractivity contribution in [1.82, 2.24) is 20.1 Å². The molecule has 1 N–H and O–H groups in total. The number of carbonyl (C=O) groups excluding carboxylic acids is 1. The zero-order chi connectivity index (χ0) is 20.8. The van der Waals surface area contributed by atoms with Crippen LogP contribution in [0.2, 0.25) is 0 Å². The molecule has 1 atom stereocenters. The Kier molecular flexibility index (Phi) is 7.39. The number of rotatable bonds is 7. The number of methoxy groups -OCH3 is 1. The SMILES string of the molecule is COCC1(NC(=O)C2CCCN(C3CCN(Cc4ccncc4)CC3)C2)CCCC1. The summed E-state index contributed by atoms with van der Waals surface area (Å²) in [5, 5.41) is 3.42. The molecule has 6 nitrogen and oxygen atoms in total. The van der Waals surface area contributed by atoms with Gasteiger partial charge in [0.15, 0.2) is 0 Å². The fraction of sp³-hybridized carbons (Fsp3) is 0.750. The number of hydrogen-bond acceptors (Lipinski definition) is 5. The Balaban J connectivity index is 1.26.